The molecule has 1 saturated carbocycles. The lowest BCUT2D eigenvalue weighted by Gasteiger charge is -2.35. The minimum atomic E-state index is -0.656. The predicted molar refractivity (Wildman–Crippen MR) is 116 cm³/mol. The maximum atomic E-state index is 13.4. The quantitative estimate of drug-likeness (QED) is 0.620. The number of benzene rings is 1. The number of ether oxygens (including phenoxy) is 1. The van der Waals surface area contributed by atoms with E-state index in [0.29, 0.717) is 41.9 Å². The number of nitrogens with zero attached hydrogens (tertiary/aromatic N) is 5. The second kappa shape index (κ2) is 8.68. The van der Waals surface area contributed by atoms with Gasteiger partial charge in [-0.05, 0) is 68.0 Å². The topological polar surface area (TPSA) is 93.1 Å². The lowest BCUT2D eigenvalue weighted by molar-refractivity contribution is 0.0148. The third kappa shape index (κ3) is 4.59. The van der Waals surface area contributed by atoms with Crippen LogP contribution >= 0.6 is 0 Å². The highest BCUT2D eigenvalue weighted by Gasteiger charge is 2.48. The van der Waals surface area contributed by atoms with Crippen molar-refractivity contribution in [3.63, 3.8) is 0 Å². The molecule has 1 saturated heterocycles. The van der Waals surface area contributed by atoms with E-state index in [4.69, 9.17) is 4.74 Å². The average Bonchev–Trinajstić information content (AvgIpc) is 3.14. The van der Waals surface area contributed by atoms with Crippen LogP contribution in [0.15, 0.2) is 48.7 Å². The molecular weight excluding hydrogens is 430 g/mol. The largest absolute Gasteiger partial charge is 0.441 e. The molecule has 0 bridgehead atoms. The molecule has 1 aliphatic heterocycles. The summed E-state index contributed by atoms with van der Waals surface area (Å²) in [7, 11) is 0. The third-order valence-electron chi connectivity index (χ3n) is 6.22. The molecule has 33 heavy (non-hydrogen) atoms. The molecule has 2 aliphatic rings. The number of aromatic nitrogens is 4. The van der Waals surface area contributed by atoms with Crippen molar-refractivity contribution in [3.8, 4) is 11.3 Å². The van der Waals surface area contributed by atoms with Crippen LogP contribution in [0, 0.1) is 17.6 Å². The van der Waals surface area contributed by atoms with E-state index in [2.05, 4.69) is 25.7 Å². The van der Waals surface area contributed by atoms with Gasteiger partial charge in [0.25, 0.3) is 0 Å². The summed E-state index contributed by atoms with van der Waals surface area (Å²) < 4.78 is 32.6. The van der Waals surface area contributed by atoms with E-state index >= 15 is 0 Å². The van der Waals surface area contributed by atoms with Crippen LogP contribution in [0.3, 0.4) is 0 Å². The Kier molecular flexibility index (Phi) is 5.57. The van der Waals surface area contributed by atoms with Crippen molar-refractivity contribution in [1.82, 2.24) is 20.4 Å². The highest BCUT2D eigenvalue weighted by molar-refractivity contribution is 5.89. The Bertz CT molecular complexity index is 1120. The second-order valence-corrected chi connectivity index (χ2v) is 8.51. The molecule has 0 unspecified atom stereocenters. The Morgan fingerprint density at radius 3 is 2.52 bits per heavy atom. The fraction of sp³-hybridized carbons (Fsp3) is 0.348. The summed E-state index contributed by atoms with van der Waals surface area (Å²) in [5, 5.41) is 19.3. The number of halogens is 2. The summed E-state index contributed by atoms with van der Waals surface area (Å²) in [6.07, 6.45) is 4.55. The van der Waals surface area contributed by atoms with Crippen molar-refractivity contribution >= 4 is 17.7 Å². The van der Waals surface area contributed by atoms with Crippen LogP contribution in [-0.4, -0.2) is 45.2 Å². The van der Waals surface area contributed by atoms with Crippen LogP contribution in [0.5, 0.6) is 0 Å². The molecule has 1 N–H and O–H groups in total. The molecule has 2 fully saturated rings. The normalized spacial score (nSPS) is 22.4. The van der Waals surface area contributed by atoms with Crippen molar-refractivity contribution < 1.29 is 18.3 Å². The van der Waals surface area contributed by atoms with Crippen molar-refractivity contribution in [2.24, 2.45) is 5.92 Å². The first-order valence-corrected chi connectivity index (χ1v) is 10.8. The molecule has 10 heteroatoms. The smallest absolute Gasteiger partial charge is 0.416 e. The molecular formula is C23H22F2N6O2. The summed E-state index contributed by atoms with van der Waals surface area (Å²) >= 11 is 0. The molecule has 5 rings (SSSR count). The Labute approximate surface area is 189 Å². The minimum absolute atomic E-state index is 0.339. The molecule has 0 atom stereocenters. The molecule has 1 aromatic carbocycles. The maximum Gasteiger partial charge on any atom is 0.416 e. The molecule has 1 amide bonds. The van der Waals surface area contributed by atoms with Crippen LogP contribution in [0.1, 0.15) is 25.7 Å². The van der Waals surface area contributed by atoms with Crippen molar-refractivity contribution in [2.45, 2.75) is 31.3 Å². The van der Waals surface area contributed by atoms with Gasteiger partial charge in [0.15, 0.2) is 5.82 Å². The second-order valence-electron chi connectivity index (χ2n) is 8.51. The summed E-state index contributed by atoms with van der Waals surface area (Å²) in [5.41, 5.74) is 0.257. The average molecular weight is 452 g/mol. The summed E-state index contributed by atoms with van der Waals surface area (Å²) in [4.78, 5) is 13.9. The standard InChI is InChI=1S/C23H22F2N6O2/c24-17-10-16(11-18(25)12-17)19-3-4-20(29-28-19)26-13-15-5-7-23(8-6-15)14-31(22(32)33-23)21-2-1-9-27-30-21/h1-4,9-12,15H,5-8,13-14H2,(H,26,29). The number of nitrogens with one attached hydrogen (secondary N) is 1. The maximum absolute atomic E-state index is 13.4. The van der Waals surface area contributed by atoms with Gasteiger partial charge in [-0.25, -0.2) is 13.6 Å². The molecule has 3 heterocycles. The molecule has 1 spiro atoms. The van der Waals surface area contributed by atoms with Crippen LogP contribution in [0.2, 0.25) is 0 Å². The number of rotatable bonds is 5. The van der Waals surface area contributed by atoms with E-state index in [1.165, 1.54) is 12.1 Å². The van der Waals surface area contributed by atoms with Gasteiger partial charge in [0.05, 0.1) is 12.2 Å². The molecule has 3 aromatic rings. The molecule has 8 nitrogen and oxygen atoms in total. The Morgan fingerprint density at radius 1 is 1.06 bits per heavy atom. The zero-order chi connectivity index (χ0) is 22.8. The van der Waals surface area contributed by atoms with Crippen LogP contribution in [0.25, 0.3) is 11.3 Å². The van der Waals surface area contributed by atoms with Gasteiger partial charge in [-0.3, -0.25) is 4.90 Å². The van der Waals surface area contributed by atoms with E-state index in [-0.39, 0.29) is 6.09 Å². The van der Waals surface area contributed by atoms with E-state index in [0.717, 1.165) is 31.7 Å². The Balaban J connectivity index is 1.14. The van der Waals surface area contributed by atoms with Gasteiger partial charge >= 0.3 is 6.09 Å². The first kappa shape index (κ1) is 21.2. The first-order valence-electron chi connectivity index (χ1n) is 10.8. The summed E-state index contributed by atoms with van der Waals surface area (Å²) in [5.74, 6) is 0.190. The van der Waals surface area contributed by atoms with Crippen molar-refractivity contribution in [1.29, 1.82) is 0 Å². The number of hydrogen-bond acceptors (Lipinski definition) is 7. The molecule has 0 radical (unpaired) electrons. The highest BCUT2D eigenvalue weighted by atomic mass is 19.1. The van der Waals surface area contributed by atoms with Crippen molar-refractivity contribution in [3.05, 3.63) is 60.3 Å². The van der Waals surface area contributed by atoms with Gasteiger partial charge in [-0.1, -0.05) is 0 Å². The number of amides is 1. The highest BCUT2D eigenvalue weighted by Crippen LogP contribution is 2.40. The number of carbonyl (C=O) groups excluding carboxylic acids is 1. The van der Waals surface area contributed by atoms with Gasteiger partial charge in [0, 0.05) is 24.4 Å². The fourth-order valence-electron chi connectivity index (χ4n) is 4.44. The summed E-state index contributed by atoms with van der Waals surface area (Å²) in [6, 6.07) is 10.2. The molecule has 1 aliphatic carbocycles. The van der Waals surface area contributed by atoms with Gasteiger partial charge in [0.2, 0.25) is 0 Å². The molecule has 2 aromatic heterocycles. The van der Waals surface area contributed by atoms with Gasteiger partial charge in [-0.2, -0.15) is 5.10 Å². The third-order valence-corrected chi connectivity index (χ3v) is 6.22. The Hall–Kier alpha value is -3.69. The van der Waals surface area contributed by atoms with Gasteiger partial charge < -0.3 is 10.1 Å². The van der Waals surface area contributed by atoms with Gasteiger partial charge in [0.1, 0.15) is 23.1 Å². The monoisotopic (exact) mass is 452 g/mol. The van der Waals surface area contributed by atoms with Crippen LogP contribution in [0.4, 0.5) is 25.2 Å². The Morgan fingerprint density at radius 2 is 1.85 bits per heavy atom. The van der Waals surface area contributed by atoms with E-state index in [9.17, 15) is 13.6 Å². The first-order chi connectivity index (χ1) is 16.0. The SMILES string of the molecule is O=C1OC2(CCC(CNc3ccc(-c4cc(F)cc(F)c4)nn3)CC2)CN1c1cccnn1. The number of anilines is 2. The summed E-state index contributed by atoms with van der Waals surface area (Å²) in [6.45, 7) is 1.19. The van der Waals surface area contributed by atoms with Gasteiger partial charge in [-0.15, -0.1) is 15.3 Å². The lowest BCUT2D eigenvalue weighted by atomic mass is 9.78. The van der Waals surface area contributed by atoms with E-state index in [1.807, 2.05) is 0 Å². The zero-order valence-electron chi connectivity index (χ0n) is 17.7. The van der Waals surface area contributed by atoms with Crippen LogP contribution < -0.4 is 10.2 Å². The predicted octanol–water partition coefficient (Wildman–Crippen LogP) is 4.21. The zero-order valence-corrected chi connectivity index (χ0v) is 17.7. The minimum Gasteiger partial charge on any atom is -0.441 e. The number of hydrogen-bond donors (Lipinski definition) is 1. The van der Waals surface area contributed by atoms with E-state index < -0.39 is 17.2 Å². The lowest BCUT2D eigenvalue weighted by Crippen LogP contribution is -2.39. The van der Waals surface area contributed by atoms with Crippen molar-refractivity contribution in [2.75, 3.05) is 23.3 Å². The fourth-order valence-corrected chi connectivity index (χ4v) is 4.44. The number of carbonyl (C=O) groups is 1. The molecule has 170 valence electrons. The van der Waals surface area contributed by atoms with Crippen LogP contribution in [-0.2, 0) is 4.74 Å². The van der Waals surface area contributed by atoms with E-state index in [1.54, 1.807) is 35.4 Å².